The molecule has 0 aliphatic rings. The molecular formula is C15H16F2N2O. The number of aromatic nitrogens is 1. The van der Waals surface area contributed by atoms with Crippen LogP contribution in [0.5, 0.6) is 0 Å². The maximum Gasteiger partial charge on any atom is 0.149 e. The quantitative estimate of drug-likeness (QED) is 0.913. The smallest absolute Gasteiger partial charge is 0.149 e. The van der Waals surface area contributed by atoms with Gasteiger partial charge in [0.25, 0.3) is 0 Å². The highest BCUT2D eigenvalue weighted by Gasteiger charge is 2.17. The van der Waals surface area contributed by atoms with Gasteiger partial charge in [-0.15, -0.1) is 0 Å². The third kappa shape index (κ3) is 3.11. The predicted molar refractivity (Wildman–Crippen MR) is 73.2 cm³/mol. The van der Waals surface area contributed by atoms with Crippen LogP contribution in [-0.4, -0.2) is 16.6 Å². The Morgan fingerprint density at radius 2 is 1.70 bits per heavy atom. The lowest BCUT2D eigenvalue weighted by molar-refractivity contribution is 0.280. The zero-order valence-electron chi connectivity index (χ0n) is 11.2. The van der Waals surface area contributed by atoms with Crippen molar-refractivity contribution < 1.29 is 13.9 Å². The Morgan fingerprint density at radius 3 is 2.20 bits per heavy atom. The molecule has 20 heavy (non-hydrogen) atoms. The van der Waals surface area contributed by atoms with E-state index in [1.165, 1.54) is 0 Å². The summed E-state index contributed by atoms with van der Waals surface area (Å²) in [6.07, 6.45) is 3.29. The fraction of sp³-hybridized carbons (Fsp3) is 0.267. The minimum absolute atomic E-state index is 0.0680. The maximum atomic E-state index is 14.0. The Bertz CT molecular complexity index is 552. The lowest BCUT2D eigenvalue weighted by Crippen LogP contribution is -2.24. The topological polar surface area (TPSA) is 36.4 Å². The summed E-state index contributed by atoms with van der Waals surface area (Å²) in [6, 6.07) is 5.93. The average Bonchev–Trinajstić information content (AvgIpc) is 2.46. The van der Waals surface area contributed by atoms with E-state index in [1.54, 1.807) is 29.4 Å². The van der Waals surface area contributed by atoms with Crippen LogP contribution in [0.3, 0.4) is 0 Å². The minimum Gasteiger partial charge on any atom is -0.392 e. The molecule has 1 N–H and O–H groups in total. The van der Waals surface area contributed by atoms with E-state index < -0.39 is 11.6 Å². The third-order valence-electron chi connectivity index (χ3n) is 3.08. The van der Waals surface area contributed by atoms with Gasteiger partial charge in [0, 0.05) is 25.5 Å². The van der Waals surface area contributed by atoms with E-state index in [4.69, 9.17) is 5.11 Å². The van der Waals surface area contributed by atoms with E-state index in [2.05, 4.69) is 4.98 Å². The number of hydrogen-bond acceptors (Lipinski definition) is 3. The molecule has 0 aliphatic carbocycles. The Morgan fingerprint density at radius 1 is 1.10 bits per heavy atom. The molecule has 0 radical (unpaired) electrons. The van der Waals surface area contributed by atoms with Gasteiger partial charge in [-0.1, -0.05) is 0 Å². The highest BCUT2D eigenvalue weighted by atomic mass is 19.1. The van der Waals surface area contributed by atoms with Crippen LogP contribution in [-0.2, 0) is 13.2 Å². The standard InChI is InChI=1S/C15H16F2N2O/c1-2-19(9-11-3-5-18-6-4-11)15-13(16)7-12(10-20)8-14(15)17/h3-8,20H,2,9-10H2,1H3. The van der Waals surface area contributed by atoms with Gasteiger partial charge < -0.3 is 10.0 Å². The van der Waals surface area contributed by atoms with Gasteiger partial charge in [-0.25, -0.2) is 8.78 Å². The first-order chi connectivity index (χ1) is 9.65. The zero-order valence-corrected chi connectivity index (χ0v) is 11.2. The summed E-state index contributed by atoms with van der Waals surface area (Å²) in [5, 5.41) is 8.95. The number of pyridine rings is 1. The molecule has 0 saturated carbocycles. The van der Waals surface area contributed by atoms with Crippen LogP contribution in [0.1, 0.15) is 18.1 Å². The van der Waals surface area contributed by atoms with Crippen LogP contribution in [0.15, 0.2) is 36.7 Å². The molecule has 0 atom stereocenters. The van der Waals surface area contributed by atoms with E-state index in [0.717, 1.165) is 17.7 Å². The fourth-order valence-corrected chi connectivity index (χ4v) is 2.07. The largest absolute Gasteiger partial charge is 0.392 e. The first-order valence-corrected chi connectivity index (χ1v) is 6.38. The number of anilines is 1. The van der Waals surface area contributed by atoms with Crippen molar-refractivity contribution in [1.82, 2.24) is 4.98 Å². The normalized spacial score (nSPS) is 10.6. The molecule has 0 fully saturated rings. The Kier molecular flexibility index (Phi) is 4.63. The van der Waals surface area contributed by atoms with Crippen LogP contribution in [0.25, 0.3) is 0 Å². The number of aliphatic hydroxyl groups excluding tert-OH is 1. The van der Waals surface area contributed by atoms with E-state index in [9.17, 15) is 8.78 Å². The fourth-order valence-electron chi connectivity index (χ4n) is 2.07. The summed E-state index contributed by atoms with van der Waals surface area (Å²) in [5.74, 6) is -1.32. The Labute approximate surface area is 116 Å². The van der Waals surface area contributed by atoms with Gasteiger partial charge in [-0.2, -0.15) is 0 Å². The number of benzene rings is 1. The van der Waals surface area contributed by atoms with Crippen LogP contribution in [0.4, 0.5) is 14.5 Å². The molecule has 0 aliphatic heterocycles. The molecule has 0 saturated heterocycles. The summed E-state index contributed by atoms with van der Waals surface area (Å²) in [4.78, 5) is 5.53. The molecule has 1 aromatic carbocycles. The Hall–Kier alpha value is -2.01. The van der Waals surface area contributed by atoms with Crippen molar-refractivity contribution in [3.63, 3.8) is 0 Å². The van der Waals surface area contributed by atoms with Crippen molar-refractivity contribution >= 4 is 5.69 Å². The molecule has 2 rings (SSSR count). The van der Waals surface area contributed by atoms with Gasteiger partial charge >= 0.3 is 0 Å². The molecule has 3 nitrogen and oxygen atoms in total. The van der Waals surface area contributed by atoms with Gasteiger partial charge in [0.2, 0.25) is 0 Å². The SMILES string of the molecule is CCN(Cc1ccncc1)c1c(F)cc(CO)cc1F. The second-order valence-corrected chi connectivity index (χ2v) is 4.44. The van der Waals surface area contributed by atoms with Gasteiger partial charge in [0.1, 0.15) is 17.3 Å². The molecule has 0 spiro atoms. The second-order valence-electron chi connectivity index (χ2n) is 4.44. The van der Waals surface area contributed by atoms with E-state index >= 15 is 0 Å². The molecular weight excluding hydrogens is 262 g/mol. The van der Waals surface area contributed by atoms with E-state index in [1.807, 2.05) is 6.92 Å². The molecule has 0 bridgehead atoms. The molecule has 5 heteroatoms. The first kappa shape index (κ1) is 14.4. The average molecular weight is 278 g/mol. The third-order valence-corrected chi connectivity index (χ3v) is 3.08. The Balaban J connectivity index is 2.32. The second kappa shape index (κ2) is 6.43. The molecule has 1 aromatic heterocycles. The number of aliphatic hydroxyl groups is 1. The summed E-state index contributed by atoms with van der Waals surface area (Å²) >= 11 is 0. The summed E-state index contributed by atoms with van der Waals surface area (Å²) in [7, 11) is 0. The van der Waals surface area contributed by atoms with Crippen molar-refractivity contribution in [2.75, 3.05) is 11.4 Å². The van der Waals surface area contributed by atoms with Gasteiger partial charge in [-0.3, -0.25) is 4.98 Å². The van der Waals surface area contributed by atoms with Gasteiger partial charge in [-0.05, 0) is 42.3 Å². The van der Waals surface area contributed by atoms with E-state index in [0.29, 0.717) is 13.1 Å². The van der Waals surface area contributed by atoms with Crippen molar-refractivity contribution in [2.24, 2.45) is 0 Å². The van der Waals surface area contributed by atoms with Crippen molar-refractivity contribution in [1.29, 1.82) is 0 Å². The number of hydrogen-bond donors (Lipinski definition) is 1. The summed E-state index contributed by atoms with van der Waals surface area (Å²) < 4.78 is 28.1. The van der Waals surface area contributed by atoms with Crippen LogP contribution in [0.2, 0.25) is 0 Å². The van der Waals surface area contributed by atoms with Crippen molar-refractivity contribution in [2.45, 2.75) is 20.1 Å². The van der Waals surface area contributed by atoms with Crippen LogP contribution >= 0.6 is 0 Å². The van der Waals surface area contributed by atoms with Crippen LogP contribution in [0, 0.1) is 11.6 Å². The van der Waals surface area contributed by atoms with Crippen LogP contribution < -0.4 is 4.90 Å². The molecule has 106 valence electrons. The maximum absolute atomic E-state index is 14.0. The van der Waals surface area contributed by atoms with Gasteiger partial charge in [0.05, 0.1) is 6.61 Å². The number of halogens is 2. The lowest BCUT2D eigenvalue weighted by atomic mass is 10.1. The van der Waals surface area contributed by atoms with Crippen molar-refractivity contribution in [3.8, 4) is 0 Å². The predicted octanol–water partition coefficient (Wildman–Crippen LogP) is 2.88. The monoisotopic (exact) mass is 278 g/mol. The molecule has 2 aromatic rings. The zero-order chi connectivity index (χ0) is 14.5. The molecule has 1 heterocycles. The lowest BCUT2D eigenvalue weighted by Gasteiger charge is -2.24. The summed E-state index contributed by atoms with van der Waals surface area (Å²) in [5.41, 5.74) is 1.08. The van der Waals surface area contributed by atoms with Crippen molar-refractivity contribution in [3.05, 3.63) is 59.4 Å². The molecule has 0 unspecified atom stereocenters. The highest BCUT2D eigenvalue weighted by Crippen LogP contribution is 2.26. The highest BCUT2D eigenvalue weighted by molar-refractivity contribution is 5.51. The first-order valence-electron chi connectivity index (χ1n) is 6.38. The van der Waals surface area contributed by atoms with E-state index in [-0.39, 0.29) is 17.9 Å². The number of nitrogens with zero attached hydrogens (tertiary/aromatic N) is 2. The molecule has 0 amide bonds. The summed E-state index contributed by atoms with van der Waals surface area (Å²) in [6.45, 7) is 2.31. The van der Waals surface area contributed by atoms with Gasteiger partial charge in [0.15, 0.2) is 0 Å². The minimum atomic E-state index is -0.662. The number of rotatable bonds is 5.